The third kappa shape index (κ3) is 2.17. The van der Waals surface area contributed by atoms with Gasteiger partial charge in [0.25, 0.3) is 0 Å². The standard InChI is InChI=1S/C17H18N4/c18-15-10-13-8-4-3-7-12(13)9-14(15)17-19-16(20-21-17)11-5-1-2-6-11/h3-4,7-11H,1-2,5-6,18H2,(H,19,20,21). The largest absolute Gasteiger partial charge is 0.398 e. The van der Waals surface area contributed by atoms with Crippen LogP contribution in [0.15, 0.2) is 36.4 Å². The number of nitrogen functional groups attached to an aromatic ring is 1. The molecule has 1 aliphatic carbocycles. The number of fused-ring (bicyclic) bond motifs is 1. The van der Waals surface area contributed by atoms with Crippen molar-refractivity contribution < 1.29 is 0 Å². The molecule has 4 rings (SSSR count). The van der Waals surface area contributed by atoms with Gasteiger partial charge in [0, 0.05) is 17.2 Å². The molecule has 0 unspecified atom stereocenters. The molecule has 0 atom stereocenters. The maximum Gasteiger partial charge on any atom is 0.183 e. The van der Waals surface area contributed by atoms with Crippen molar-refractivity contribution in [2.24, 2.45) is 0 Å². The highest BCUT2D eigenvalue weighted by Gasteiger charge is 2.21. The van der Waals surface area contributed by atoms with Crippen LogP contribution in [-0.4, -0.2) is 15.2 Å². The maximum atomic E-state index is 6.19. The number of rotatable bonds is 2. The Bertz CT molecular complexity index is 784. The highest BCUT2D eigenvalue weighted by molar-refractivity contribution is 5.92. The lowest BCUT2D eigenvalue weighted by Crippen LogP contribution is -1.95. The molecule has 0 aliphatic heterocycles. The monoisotopic (exact) mass is 278 g/mol. The molecule has 3 N–H and O–H groups in total. The summed E-state index contributed by atoms with van der Waals surface area (Å²) in [5.74, 6) is 2.25. The van der Waals surface area contributed by atoms with E-state index in [-0.39, 0.29) is 0 Å². The van der Waals surface area contributed by atoms with Crippen LogP contribution in [0.2, 0.25) is 0 Å². The number of nitrogens with one attached hydrogen (secondary N) is 1. The Balaban J connectivity index is 1.77. The lowest BCUT2D eigenvalue weighted by molar-refractivity contribution is 0.672. The van der Waals surface area contributed by atoms with Gasteiger partial charge in [-0.3, -0.25) is 5.10 Å². The van der Waals surface area contributed by atoms with Crippen molar-refractivity contribution in [3.8, 4) is 11.4 Å². The minimum Gasteiger partial charge on any atom is -0.398 e. The van der Waals surface area contributed by atoms with E-state index in [9.17, 15) is 0 Å². The summed E-state index contributed by atoms with van der Waals surface area (Å²) in [7, 11) is 0. The van der Waals surface area contributed by atoms with E-state index in [1.807, 2.05) is 18.2 Å². The topological polar surface area (TPSA) is 67.6 Å². The molecule has 0 bridgehead atoms. The molecule has 0 radical (unpaired) electrons. The van der Waals surface area contributed by atoms with Crippen LogP contribution in [0.5, 0.6) is 0 Å². The van der Waals surface area contributed by atoms with Crippen LogP contribution < -0.4 is 5.73 Å². The van der Waals surface area contributed by atoms with Crippen LogP contribution in [0.3, 0.4) is 0 Å². The van der Waals surface area contributed by atoms with E-state index in [2.05, 4.69) is 33.4 Å². The van der Waals surface area contributed by atoms with Gasteiger partial charge >= 0.3 is 0 Å². The Kier molecular flexibility index (Phi) is 2.88. The first kappa shape index (κ1) is 12.4. The van der Waals surface area contributed by atoms with Crippen molar-refractivity contribution in [1.82, 2.24) is 15.2 Å². The lowest BCUT2D eigenvalue weighted by Gasteiger charge is -2.05. The maximum absolute atomic E-state index is 6.19. The second-order valence-corrected chi connectivity index (χ2v) is 5.81. The normalized spacial score (nSPS) is 15.8. The first-order chi connectivity index (χ1) is 10.3. The molecule has 1 saturated carbocycles. The van der Waals surface area contributed by atoms with E-state index in [0.717, 1.165) is 27.8 Å². The van der Waals surface area contributed by atoms with Crippen LogP contribution in [0.4, 0.5) is 5.69 Å². The van der Waals surface area contributed by atoms with E-state index in [1.165, 1.54) is 25.7 Å². The Morgan fingerprint density at radius 3 is 2.52 bits per heavy atom. The molecule has 4 nitrogen and oxygen atoms in total. The van der Waals surface area contributed by atoms with Gasteiger partial charge in [0.15, 0.2) is 5.82 Å². The van der Waals surface area contributed by atoms with Crippen molar-refractivity contribution in [2.45, 2.75) is 31.6 Å². The van der Waals surface area contributed by atoms with Gasteiger partial charge in [0.2, 0.25) is 0 Å². The molecule has 4 heteroatoms. The van der Waals surface area contributed by atoms with E-state index in [1.54, 1.807) is 0 Å². The van der Waals surface area contributed by atoms with Crippen LogP contribution >= 0.6 is 0 Å². The Labute approximate surface area is 123 Å². The predicted octanol–water partition coefficient (Wildman–Crippen LogP) is 3.86. The number of benzene rings is 2. The number of anilines is 1. The van der Waals surface area contributed by atoms with E-state index in [4.69, 9.17) is 5.73 Å². The Morgan fingerprint density at radius 2 is 1.76 bits per heavy atom. The van der Waals surface area contributed by atoms with Gasteiger partial charge in [-0.05, 0) is 35.7 Å². The van der Waals surface area contributed by atoms with Gasteiger partial charge in [0.05, 0.1) is 0 Å². The molecular weight excluding hydrogens is 260 g/mol. The molecule has 1 fully saturated rings. The summed E-state index contributed by atoms with van der Waals surface area (Å²) in [4.78, 5) is 4.68. The number of nitrogens with two attached hydrogens (primary N) is 1. The molecule has 0 saturated heterocycles. The molecular formula is C17H18N4. The minimum absolute atomic E-state index is 0.535. The molecule has 1 aliphatic rings. The quantitative estimate of drug-likeness (QED) is 0.699. The van der Waals surface area contributed by atoms with Crippen LogP contribution in [0.1, 0.15) is 37.4 Å². The summed E-state index contributed by atoms with van der Waals surface area (Å²) in [6, 6.07) is 12.3. The SMILES string of the molecule is Nc1cc2ccccc2cc1-c1n[nH]c(C2CCCC2)n1. The summed E-state index contributed by atoms with van der Waals surface area (Å²) in [5, 5.41) is 9.79. The second-order valence-electron chi connectivity index (χ2n) is 5.81. The summed E-state index contributed by atoms with van der Waals surface area (Å²) < 4.78 is 0. The average Bonchev–Trinajstić information content (AvgIpc) is 3.17. The van der Waals surface area contributed by atoms with Gasteiger partial charge in [0.1, 0.15) is 5.82 Å². The molecule has 1 heterocycles. The third-order valence-corrected chi connectivity index (χ3v) is 4.40. The van der Waals surface area contributed by atoms with Crippen LogP contribution in [-0.2, 0) is 0 Å². The highest BCUT2D eigenvalue weighted by atomic mass is 15.2. The average molecular weight is 278 g/mol. The van der Waals surface area contributed by atoms with E-state index < -0.39 is 0 Å². The Morgan fingerprint density at radius 1 is 1.05 bits per heavy atom. The molecule has 0 spiro atoms. The van der Waals surface area contributed by atoms with Gasteiger partial charge in [-0.15, -0.1) is 0 Å². The number of hydrogen-bond acceptors (Lipinski definition) is 3. The number of H-pyrrole nitrogens is 1. The van der Waals surface area contributed by atoms with Crippen molar-refractivity contribution in [3.05, 3.63) is 42.2 Å². The van der Waals surface area contributed by atoms with E-state index in [0.29, 0.717) is 11.7 Å². The second kappa shape index (κ2) is 4.88. The van der Waals surface area contributed by atoms with Gasteiger partial charge in [-0.25, -0.2) is 4.98 Å². The third-order valence-electron chi connectivity index (χ3n) is 4.40. The molecule has 1 aromatic heterocycles. The van der Waals surface area contributed by atoms with Crippen molar-refractivity contribution >= 4 is 16.5 Å². The van der Waals surface area contributed by atoms with Crippen molar-refractivity contribution in [2.75, 3.05) is 5.73 Å². The highest BCUT2D eigenvalue weighted by Crippen LogP contribution is 2.34. The minimum atomic E-state index is 0.535. The summed E-state index contributed by atoms with van der Waals surface area (Å²) in [6.45, 7) is 0. The number of aromatic nitrogens is 3. The number of nitrogens with zero attached hydrogens (tertiary/aromatic N) is 2. The van der Waals surface area contributed by atoms with Gasteiger partial charge in [-0.1, -0.05) is 37.1 Å². The predicted molar refractivity (Wildman–Crippen MR) is 84.9 cm³/mol. The Hall–Kier alpha value is -2.36. The fraction of sp³-hybridized carbons (Fsp3) is 0.294. The molecule has 0 amide bonds. The summed E-state index contributed by atoms with van der Waals surface area (Å²) in [5.41, 5.74) is 7.83. The van der Waals surface area contributed by atoms with Gasteiger partial charge < -0.3 is 5.73 Å². The zero-order chi connectivity index (χ0) is 14.2. The fourth-order valence-corrected chi connectivity index (χ4v) is 3.23. The molecule has 21 heavy (non-hydrogen) atoms. The number of aromatic amines is 1. The first-order valence-electron chi connectivity index (χ1n) is 7.52. The molecule has 2 aromatic carbocycles. The smallest absolute Gasteiger partial charge is 0.183 e. The van der Waals surface area contributed by atoms with Crippen molar-refractivity contribution in [3.63, 3.8) is 0 Å². The summed E-state index contributed by atoms with van der Waals surface area (Å²) >= 11 is 0. The number of hydrogen-bond donors (Lipinski definition) is 2. The van der Waals surface area contributed by atoms with Crippen molar-refractivity contribution in [1.29, 1.82) is 0 Å². The van der Waals surface area contributed by atoms with E-state index >= 15 is 0 Å². The zero-order valence-corrected chi connectivity index (χ0v) is 11.8. The van der Waals surface area contributed by atoms with Crippen LogP contribution in [0, 0.1) is 0 Å². The van der Waals surface area contributed by atoms with Crippen LogP contribution in [0.25, 0.3) is 22.2 Å². The van der Waals surface area contributed by atoms with Gasteiger partial charge in [-0.2, -0.15) is 5.10 Å². The lowest BCUT2D eigenvalue weighted by atomic mass is 10.0. The molecule has 3 aromatic rings. The summed E-state index contributed by atoms with van der Waals surface area (Å²) in [6.07, 6.45) is 5.00. The molecule has 106 valence electrons. The fourth-order valence-electron chi connectivity index (χ4n) is 3.23. The zero-order valence-electron chi connectivity index (χ0n) is 11.8. The first-order valence-corrected chi connectivity index (χ1v) is 7.52.